The highest BCUT2D eigenvalue weighted by molar-refractivity contribution is 4.99. The molecular weight excluding hydrogens is 194 g/mol. The Hall–Kier alpha value is -1.83. The zero-order valence-electron chi connectivity index (χ0n) is 8.64. The largest absolute Gasteiger partial charge is 0.465 e. The minimum atomic E-state index is -0.147. The number of aromatic nitrogens is 2. The Morgan fingerprint density at radius 1 is 1.67 bits per heavy atom. The highest BCUT2D eigenvalue weighted by Crippen LogP contribution is 2.04. The van der Waals surface area contributed by atoms with Gasteiger partial charge in [0.1, 0.15) is 0 Å². The number of unbranched alkanes of at least 4 members (excludes halogenated alkanes) is 1. The summed E-state index contributed by atoms with van der Waals surface area (Å²) in [6.45, 7) is 2.77. The molecule has 1 aromatic rings. The van der Waals surface area contributed by atoms with Crippen LogP contribution >= 0.6 is 0 Å². The molecule has 80 valence electrons. The maximum atomic E-state index is 11.5. The molecule has 0 N–H and O–H groups in total. The molecule has 0 aromatic carbocycles. The number of hydrogen-bond donors (Lipinski definition) is 0. The molecule has 0 aliphatic heterocycles. The van der Waals surface area contributed by atoms with Gasteiger partial charge in [0.25, 0.3) is 11.6 Å². The molecule has 0 saturated carbocycles. The molecule has 0 aliphatic rings. The number of nitriles is 1. The zero-order valence-corrected chi connectivity index (χ0v) is 8.64. The molecule has 1 heterocycles. The summed E-state index contributed by atoms with van der Waals surface area (Å²) in [5.41, 5.74) is -0.147. The van der Waals surface area contributed by atoms with Crippen LogP contribution in [0.4, 0.5) is 0 Å². The van der Waals surface area contributed by atoms with E-state index in [9.17, 15) is 4.79 Å². The van der Waals surface area contributed by atoms with Crippen LogP contribution in [0.1, 0.15) is 19.8 Å². The first-order valence-corrected chi connectivity index (χ1v) is 4.85. The van der Waals surface area contributed by atoms with Crippen molar-refractivity contribution in [1.82, 2.24) is 9.55 Å². The number of nitrogens with zero attached hydrogens (tertiary/aromatic N) is 3. The summed E-state index contributed by atoms with van der Waals surface area (Å²) in [5.74, 6) is 0. The van der Waals surface area contributed by atoms with Crippen molar-refractivity contribution in [3.05, 3.63) is 22.6 Å². The van der Waals surface area contributed by atoms with Gasteiger partial charge < -0.3 is 4.74 Å². The molecule has 0 aliphatic carbocycles. The van der Waals surface area contributed by atoms with E-state index in [-0.39, 0.29) is 5.56 Å². The van der Waals surface area contributed by atoms with Crippen LogP contribution in [-0.2, 0) is 6.54 Å². The zero-order chi connectivity index (χ0) is 11.1. The van der Waals surface area contributed by atoms with Gasteiger partial charge in [0.2, 0.25) is 0 Å². The Balaban J connectivity index is 2.83. The fourth-order valence-electron chi connectivity index (χ4n) is 1.19. The van der Waals surface area contributed by atoms with E-state index >= 15 is 0 Å². The van der Waals surface area contributed by atoms with E-state index in [1.54, 1.807) is 0 Å². The Morgan fingerprint density at radius 3 is 3.13 bits per heavy atom. The normalized spacial score (nSPS) is 9.60. The van der Waals surface area contributed by atoms with E-state index in [1.165, 1.54) is 16.8 Å². The Kier molecular flexibility index (Phi) is 4.35. The second-order valence-corrected chi connectivity index (χ2v) is 2.91. The summed E-state index contributed by atoms with van der Waals surface area (Å²) in [6, 6.07) is 3.74. The molecule has 15 heavy (non-hydrogen) atoms. The molecular formula is C10H13N3O2. The van der Waals surface area contributed by atoms with Gasteiger partial charge in [0.15, 0.2) is 0 Å². The molecule has 0 amide bonds. The molecule has 1 aromatic heterocycles. The monoisotopic (exact) mass is 207 g/mol. The lowest BCUT2D eigenvalue weighted by Crippen LogP contribution is -2.22. The van der Waals surface area contributed by atoms with Crippen LogP contribution in [0.2, 0.25) is 0 Å². The van der Waals surface area contributed by atoms with E-state index in [2.05, 4.69) is 4.98 Å². The smallest absolute Gasteiger partial charge is 0.299 e. The van der Waals surface area contributed by atoms with Crippen LogP contribution in [0.3, 0.4) is 0 Å². The van der Waals surface area contributed by atoms with Crippen molar-refractivity contribution >= 4 is 0 Å². The first kappa shape index (κ1) is 11.2. The summed E-state index contributed by atoms with van der Waals surface area (Å²) in [7, 11) is 0. The predicted octanol–water partition coefficient (Wildman–Crippen LogP) is 0.946. The van der Waals surface area contributed by atoms with Crippen LogP contribution < -0.4 is 10.3 Å². The first-order chi connectivity index (χ1) is 7.29. The van der Waals surface area contributed by atoms with Gasteiger partial charge >= 0.3 is 0 Å². The topological polar surface area (TPSA) is 67.9 Å². The minimum absolute atomic E-state index is 0.147. The lowest BCUT2D eigenvalue weighted by atomic mass is 10.3. The predicted molar refractivity (Wildman–Crippen MR) is 54.5 cm³/mol. The van der Waals surface area contributed by atoms with Crippen molar-refractivity contribution in [2.24, 2.45) is 0 Å². The molecule has 0 fully saturated rings. The molecule has 5 nitrogen and oxygen atoms in total. The van der Waals surface area contributed by atoms with Gasteiger partial charge in [-0.3, -0.25) is 9.36 Å². The summed E-state index contributed by atoms with van der Waals surface area (Å²) in [6.07, 6.45) is 2.48. The number of ether oxygens (including phenoxy) is 1. The Bertz CT molecular complexity index is 406. The highest BCUT2D eigenvalue weighted by atomic mass is 16.5. The van der Waals surface area contributed by atoms with Crippen molar-refractivity contribution in [2.45, 2.75) is 26.3 Å². The summed E-state index contributed by atoms with van der Waals surface area (Å²) in [4.78, 5) is 15.4. The number of hydrogen-bond acceptors (Lipinski definition) is 4. The van der Waals surface area contributed by atoms with E-state index in [4.69, 9.17) is 10.00 Å². The maximum absolute atomic E-state index is 11.5. The molecule has 0 bridgehead atoms. The molecule has 0 unspecified atom stereocenters. The van der Waals surface area contributed by atoms with Gasteiger partial charge in [-0.05, 0) is 13.3 Å². The van der Waals surface area contributed by atoms with Crippen LogP contribution in [-0.4, -0.2) is 16.2 Å². The van der Waals surface area contributed by atoms with Gasteiger partial charge in [-0.15, -0.1) is 0 Å². The highest BCUT2D eigenvalue weighted by Gasteiger charge is 2.04. The quantitative estimate of drug-likeness (QED) is 0.674. The first-order valence-electron chi connectivity index (χ1n) is 4.85. The molecule has 5 heteroatoms. The van der Waals surface area contributed by atoms with Gasteiger partial charge in [0, 0.05) is 25.2 Å². The second kappa shape index (κ2) is 5.81. The molecule has 0 atom stereocenters. The average molecular weight is 207 g/mol. The number of rotatable bonds is 5. The SMILES string of the molecule is CCOc1nccc(=O)n1CCCC#N. The maximum Gasteiger partial charge on any atom is 0.299 e. The van der Waals surface area contributed by atoms with E-state index in [0.29, 0.717) is 32.0 Å². The van der Waals surface area contributed by atoms with Crippen molar-refractivity contribution in [1.29, 1.82) is 5.26 Å². The van der Waals surface area contributed by atoms with Crippen LogP contribution in [0, 0.1) is 11.3 Å². The van der Waals surface area contributed by atoms with E-state index in [1.807, 2.05) is 13.0 Å². The van der Waals surface area contributed by atoms with E-state index < -0.39 is 0 Å². The van der Waals surface area contributed by atoms with Gasteiger partial charge in [-0.2, -0.15) is 5.26 Å². The Morgan fingerprint density at radius 2 is 2.47 bits per heavy atom. The summed E-state index contributed by atoms with van der Waals surface area (Å²) < 4.78 is 6.66. The van der Waals surface area contributed by atoms with Crippen LogP contribution in [0.5, 0.6) is 6.01 Å². The lowest BCUT2D eigenvalue weighted by Gasteiger charge is -2.09. The molecule has 0 spiro atoms. The van der Waals surface area contributed by atoms with Crippen molar-refractivity contribution < 1.29 is 4.74 Å². The second-order valence-electron chi connectivity index (χ2n) is 2.91. The van der Waals surface area contributed by atoms with Crippen molar-refractivity contribution in [3.63, 3.8) is 0 Å². The molecule has 1 rings (SSSR count). The van der Waals surface area contributed by atoms with Gasteiger partial charge in [0.05, 0.1) is 12.7 Å². The van der Waals surface area contributed by atoms with Crippen molar-refractivity contribution in [2.75, 3.05) is 6.61 Å². The minimum Gasteiger partial charge on any atom is -0.465 e. The van der Waals surface area contributed by atoms with Crippen LogP contribution in [0.15, 0.2) is 17.1 Å². The summed E-state index contributed by atoms with van der Waals surface area (Å²) in [5, 5.41) is 8.40. The fraction of sp³-hybridized carbons (Fsp3) is 0.500. The standard InChI is InChI=1S/C10H13N3O2/c1-2-15-10-12-7-5-9(14)13(10)8-4-3-6-11/h5,7H,2-4,8H2,1H3. The molecule has 0 radical (unpaired) electrons. The summed E-state index contributed by atoms with van der Waals surface area (Å²) >= 11 is 0. The van der Waals surface area contributed by atoms with Crippen LogP contribution in [0.25, 0.3) is 0 Å². The average Bonchev–Trinajstić information content (AvgIpc) is 2.23. The third-order valence-corrected chi connectivity index (χ3v) is 1.84. The lowest BCUT2D eigenvalue weighted by molar-refractivity contribution is 0.287. The fourth-order valence-corrected chi connectivity index (χ4v) is 1.19. The Labute approximate surface area is 87.9 Å². The van der Waals surface area contributed by atoms with E-state index in [0.717, 1.165) is 0 Å². The van der Waals surface area contributed by atoms with Crippen molar-refractivity contribution in [3.8, 4) is 12.1 Å². The van der Waals surface area contributed by atoms with Gasteiger partial charge in [-0.1, -0.05) is 0 Å². The van der Waals surface area contributed by atoms with Gasteiger partial charge in [-0.25, -0.2) is 4.98 Å². The third kappa shape index (κ3) is 3.09. The third-order valence-electron chi connectivity index (χ3n) is 1.84. The molecule has 0 saturated heterocycles.